The predicted octanol–water partition coefficient (Wildman–Crippen LogP) is 7.84. The summed E-state index contributed by atoms with van der Waals surface area (Å²) in [5.74, 6) is 0.612. The number of esters is 1. The van der Waals surface area contributed by atoms with Crippen LogP contribution in [0.4, 0.5) is 0 Å². The smallest absolute Gasteiger partial charge is 0.363 e. The molecule has 1 aliphatic heterocycles. The Morgan fingerprint density at radius 1 is 1.03 bits per heavy atom. The second-order valence-electron chi connectivity index (χ2n) is 6.70. The molecule has 0 radical (unpaired) electrons. The van der Waals surface area contributed by atoms with Gasteiger partial charge in [-0.15, -0.1) is 0 Å². The molecule has 0 aromatic heterocycles. The van der Waals surface area contributed by atoms with Crippen molar-refractivity contribution in [3.8, 4) is 5.75 Å². The zero-order chi connectivity index (χ0) is 22.8. The normalized spacial score (nSPS) is 14.5. The van der Waals surface area contributed by atoms with Gasteiger partial charge in [-0.1, -0.05) is 23.7 Å². The predicted molar refractivity (Wildman–Crippen MR) is 155 cm³/mol. The first-order valence-electron chi connectivity index (χ1n) is 9.14. The van der Waals surface area contributed by atoms with Gasteiger partial charge in [-0.3, -0.25) is 0 Å². The van der Waals surface area contributed by atoms with Gasteiger partial charge in [-0.05, 0) is 143 Å². The van der Waals surface area contributed by atoms with Crippen molar-refractivity contribution in [1.29, 1.82) is 0 Å². The molecule has 1 heterocycles. The van der Waals surface area contributed by atoms with Crippen molar-refractivity contribution >= 4 is 113 Å². The first kappa shape index (κ1) is 24.4. The van der Waals surface area contributed by atoms with Gasteiger partial charge in [0, 0.05) is 18.6 Å². The fraction of sp³-hybridized carbons (Fsp3) is 0.0435. The van der Waals surface area contributed by atoms with Crippen molar-refractivity contribution in [3.05, 3.63) is 97.2 Å². The van der Waals surface area contributed by atoms with Crippen molar-refractivity contribution in [2.75, 3.05) is 0 Å². The molecule has 0 amide bonds. The van der Waals surface area contributed by atoms with Crippen molar-refractivity contribution in [2.24, 2.45) is 4.99 Å². The highest BCUT2D eigenvalue weighted by Gasteiger charge is 2.24. The van der Waals surface area contributed by atoms with Crippen LogP contribution in [-0.4, -0.2) is 11.9 Å². The van der Waals surface area contributed by atoms with E-state index < -0.39 is 5.97 Å². The van der Waals surface area contributed by atoms with Crippen molar-refractivity contribution in [2.45, 2.75) is 6.61 Å². The Kier molecular flexibility index (Phi) is 8.17. The number of carbonyl (C=O) groups excluding carboxylic acids is 1. The number of rotatable bonds is 5. The monoisotopic (exact) mass is 845 g/mol. The van der Waals surface area contributed by atoms with Crippen molar-refractivity contribution in [3.63, 3.8) is 0 Å². The molecule has 9 heteroatoms. The maximum absolute atomic E-state index is 12.4. The van der Waals surface area contributed by atoms with Crippen LogP contribution >= 0.6 is 95.3 Å². The maximum Gasteiger partial charge on any atom is 0.363 e. The lowest BCUT2D eigenvalue weighted by Crippen LogP contribution is -2.05. The Hall–Kier alpha value is -0.700. The van der Waals surface area contributed by atoms with Crippen LogP contribution in [0.1, 0.15) is 16.7 Å². The van der Waals surface area contributed by atoms with Crippen LogP contribution in [0.2, 0.25) is 5.02 Å². The minimum atomic E-state index is -0.471. The van der Waals surface area contributed by atoms with E-state index in [1.54, 1.807) is 6.08 Å². The van der Waals surface area contributed by atoms with Gasteiger partial charge >= 0.3 is 5.97 Å². The molecule has 0 saturated heterocycles. The molecule has 0 fully saturated rings. The van der Waals surface area contributed by atoms with E-state index in [2.05, 4.69) is 88.7 Å². The Balaban J connectivity index is 1.56. The topological polar surface area (TPSA) is 47.9 Å². The summed E-state index contributed by atoms with van der Waals surface area (Å²) in [6.07, 6.45) is 1.72. The third kappa shape index (κ3) is 5.86. The highest BCUT2D eigenvalue weighted by Crippen LogP contribution is 2.31. The minimum absolute atomic E-state index is 0.258. The Morgan fingerprint density at radius 2 is 1.78 bits per heavy atom. The number of aliphatic imine (C=N–C) groups is 1. The summed E-state index contributed by atoms with van der Waals surface area (Å²) in [4.78, 5) is 16.8. The lowest BCUT2D eigenvalue weighted by molar-refractivity contribution is -0.129. The zero-order valence-electron chi connectivity index (χ0n) is 16.0. The van der Waals surface area contributed by atoms with Crippen LogP contribution in [-0.2, 0) is 16.1 Å². The number of carbonyl (C=O) groups is 1. The van der Waals surface area contributed by atoms with E-state index in [1.807, 2.05) is 54.6 Å². The number of halogens is 5. The number of hydrogen-bond donors (Lipinski definition) is 0. The summed E-state index contributed by atoms with van der Waals surface area (Å²) in [6.45, 7) is 0.415. The Bertz CT molecular complexity index is 1270. The molecule has 0 saturated carbocycles. The number of cyclic esters (lactones) is 1. The van der Waals surface area contributed by atoms with Gasteiger partial charge in [-0.2, -0.15) is 0 Å². The molecule has 0 bridgehead atoms. The van der Waals surface area contributed by atoms with Gasteiger partial charge in [0.1, 0.15) is 12.4 Å². The molecule has 0 atom stereocenters. The fourth-order valence-electron chi connectivity index (χ4n) is 2.90. The quantitative estimate of drug-likeness (QED) is 0.150. The highest BCUT2D eigenvalue weighted by atomic mass is 127. The molecule has 32 heavy (non-hydrogen) atoms. The van der Waals surface area contributed by atoms with Crippen molar-refractivity contribution < 1.29 is 14.3 Å². The van der Waals surface area contributed by atoms with E-state index in [0.29, 0.717) is 17.5 Å². The number of hydrogen-bond acceptors (Lipinski definition) is 4. The molecule has 0 N–H and O–H groups in total. The van der Waals surface area contributed by atoms with E-state index in [1.165, 1.54) is 0 Å². The van der Waals surface area contributed by atoms with Gasteiger partial charge in [0.05, 0.1) is 7.14 Å². The molecule has 1 aliphatic rings. The van der Waals surface area contributed by atoms with Crippen LogP contribution in [0.15, 0.2) is 69.8 Å². The van der Waals surface area contributed by atoms with Gasteiger partial charge in [0.25, 0.3) is 0 Å². The molecule has 3 aromatic rings. The van der Waals surface area contributed by atoms with Crippen LogP contribution in [0.25, 0.3) is 6.08 Å². The largest absolute Gasteiger partial charge is 0.487 e. The second kappa shape index (κ2) is 10.7. The lowest BCUT2D eigenvalue weighted by Gasteiger charge is -2.12. The van der Waals surface area contributed by atoms with Crippen LogP contribution in [0, 0.1) is 10.7 Å². The molecule has 0 spiro atoms. The van der Waals surface area contributed by atoms with Gasteiger partial charge in [-0.25, -0.2) is 9.79 Å². The van der Waals surface area contributed by atoms with Crippen LogP contribution in [0.3, 0.4) is 0 Å². The van der Waals surface area contributed by atoms with E-state index in [4.69, 9.17) is 21.1 Å². The Labute approximate surface area is 239 Å². The third-order valence-electron chi connectivity index (χ3n) is 4.38. The first-order valence-corrected chi connectivity index (χ1v) is 13.5. The van der Waals surface area contributed by atoms with Crippen molar-refractivity contribution in [1.82, 2.24) is 0 Å². The van der Waals surface area contributed by atoms with Crippen LogP contribution < -0.4 is 4.74 Å². The third-order valence-corrected chi connectivity index (χ3v) is 8.56. The molecule has 0 aliphatic carbocycles. The van der Waals surface area contributed by atoms with E-state index >= 15 is 0 Å². The highest BCUT2D eigenvalue weighted by molar-refractivity contribution is 14.1. The first-order chi connectivity index (χ1) is 15.3. The molecule has 0 unspecified atom stereocenters. The summed E-state index contributed by atoms with van der Waals surface area (Å²) in [7, 11) is 0. The second-order valence-corrected chi connectivity index (χ2v) is 11.5. The average Bonchev–Trinajstić information content (AvgIpc) is 3.10. The summed E-state index contributed by atoms with van der Waals surface area (Å²) in [5, 5.41) is 0.679. The lowest BCUT2D eigenvalue weighted by atomic mass is 10.2. The summed E-state index contributed by atoms with van der Waals surface area (Å²) in [5.41, 5.74) is 2.83. The summed E-state index contributed by atoms with van der Waals surface area (Å²) >= 11 is 16.2. The minimum Gasteiger partial charge on any atom is -0.487 e. The molecule has 4 rings (SSSR count). The zero-order valence-corrected chi connectivity index (χ0v) is 24.9. The van der Waals surface area contributed by atoms with E-state index in [-0.39, 0.29) is 5.70 Å². The number of benzene rings is 3. The molecular formula is C23H12BrClI3NO3. The maximum atomic E-state index is 12.4. The van der Waals surface area contributed by atoms with Gasteiger partial charge in [0.15, 0.2) is 5.70 Å². The summed E-state index contributed by atoms with van der Waals surface area (Å²) < 4.78 is 15.3. The Morgan fingerprint density at radius 3 is 2.47 bits per heavy atom. The molecular weight excluding hydrogens is 834 g/mol. The standard InChI is InChI=1S/C23H12BrClI3NO3/c24-16-10-14(4-5-17(16)26)22-29-20(23(30)32-22)9-13-7-18(27)21(19(28)8-13)31-11-12-2-1-3-15(25)6-12/h1-10H,11H2/b20-9-. The summed E-state index contributed by atoms with van der Waals surface area (Å²) in [6, 6.07) is 17.2. The average molecular weight is 846 g/mol. The molecule has 4 nitrogen and oxygen atoms in total. The number of nitrogens with zero attached hydrogens (tertiary/aromatic N) is 1. The molecule has 162 valence electrons. The van der Waals surface area contributed by atoms with Gasteiger partial charge in [0.2, 0.25) is 5.90 Å². The molecule has 3 aromatic carbocycles. The van der Waals surface area contributed by atoms with Crippen LogP contribution in [0.5, 0.6) is 5.75 Å². The van der Waals surface area contributed by atoms with E-state index in [0.717, 1.165) is 37.6 Å². The SMILES string of the molecule is O=C1OC(c2ccc(I)c(Br)c2)=N/C1=C\c1cc(I)c(OCc2cccc(Cl)c2)c(I)c1. The van der Waals surface area contributed by atoms with E-state index in [9.17, 15) is 4.79 Å². The number of ether oxygens (including phenoxy) is 2. The fourth-order valence-corrected chi connectivity index (χ4v) is 5.96. The van der Waals surface area contributed by atoms with Gasteiger partial charge < -0.3 is 9.47 Å².